The minimum Gasteiger partial charge on any atom is -0.350 e. The Balaban J connectivity index is 2.15. The Bertz CT molecular complexity index is 715. The number of nitrogens with zero attached hydrogens (tertiary/aromatic N) is 1. The van der Waals surface area contributed by atoms with Crippen LogP contribution in [0.5, 0.6) is 0 Å². The maximum absolute atomic E-state index is 12.7. The molecule has 0 bridgehead atoms. The summed E-state index contributed by atoms with van der Waals surface area (Å²) < 4.78 is 0. The molecule has 0 aliphatic rings. The Morgan fingerprint density at radius 2 is 1.68 bits per heavy atom. The maximum Gasteiger partial charge on any atom is 0.233 e. The van der Waals surface area contributed by atoms with Crippen LogP contribution in [-0.4, -0.2) is 29.0 Å². The average molecular weight is 373 g/mol. The highest BCUT2D eigenvalue weighted by atomic mass is 32.2. The third kappa shape index (κ3) is 5.31. The van der Waals surface area contributed by atoms with Gasteiger partial charge in [-0.3, -0.25) is 4.79 Å². The Labute approximate surface area is 159 Å². The molecule has 25 heavy (non-hydrogen) atoms. The van der Waals surface area contributed by atoms with E-state index in [1.54, 1.807) is 11.8 Å². The van der Waals surface area contributed by atoms with Crippen molar-refractivity contribution in [3.05, 3.63) is 60.2 Å². The van der Waals surface area contributed by atoms with E-state index in [9.17, 15) is 4.79 Å². The van der Waals surface area contributed by atoms with Crippen molar-refractivity contribution in [1.82, 2.24) is 10.2 Å². The molecule has 0 aromatic heterocycles. The summed E-state index contributed by atoms with van der Waals surface area (Å²) in [6.45, 7) is 7.54. The van der Waals surface area contributed by atoms with Gasteiger partial charge < -0.3 is 10.2 Å². The maximum atomic E-state index is 12.7. The van der Waals surface area contributed by atoms with Crippen molar-refractivity contribution in [2.75, 3.05) is 13.1 Å². The molecule has 0 saturated carbocycles. The van der Waals surface area contributed by atoms with Gasteiger partial charge in [-0.25, -0.2) is 0 Å². The zero-order valence-electron chi connectivity index (χ0n) is 14.9. The number of benzene rings is 2. The first-order valence-electron chi connectivity index (χ1n) is 8.48. The SMILES string of the molecule is CCN(CC)C(=S)NC(=O)[C@H](C)c1ccccc1Sc1ccccc1. The minimum atomic E-state index is -0.277. The summed E-state index contributed by atoms with van der Waals surface area (Å²) in [6.07, 6.45) is 0. The van der Waals surface area contributed by atoms with Crippen LogP contribution < -0.4 is 5.32 Å². The van der Waals surface area contributed by atoms with Crippen LogP contribution in [0.15, 0.2) is 64.4 Å². The van der Waals surface area contributed by atoms with Gasteiger partial charge in [0.1, 0.15) is 0 Å². The van der Waals surface area contributed by atoms with E-state index in [0.29, 0.717) is 5.11 Å². The Morgan fingerprint density at radius 1 is 1.08 bits per heavy atom. The molecule has 0 aliphatic carbocycles. The van der Waals surface area contributed by atoms with Crippen molar-refractivity contribution in [2.45, 2.75) is 36.5 Å². The second kappa shape index (κ2) is 9.59. The lowest BCUT2D eigenvalue weighted by Crippen LogP contribution is -2.43. The number of hydrogen-bond donors (Lipinski definition) is 1. The molecule has 2 rings (SSSR count). The van der Waals surface area contributed by atoms with Gasteiger partial charge >= 0.3 is 0 Å². The lowest BCUT2D eigenvalue weighted by Gasteiger charge is -2.23. The van der Waals surface area contributed by atoms with Crippen LogP contribution in [0.3, 0.4) is 0 Å². The van der Waals surface area contributed by atoms with Gasteiger partial charge in [0.2, 0.25) is 5.91 Å². The standard InChI is InChI=1S/C20H24N2OS2/c1-4-22(5-2)20(24)21-19(23)15(3)17-13-9-10-14-18(17)25-16-11-7-6-8-12-16/h6-15H,4-5H2,1-3H3,(H,21,23,24)/t15-/m1/s1. The van der Waals surface area contributed by atoms with Crippen LogP contribution in [0.2, 0.25) is 0 Å². The Morgan fingerprint density at radius 3 is 2.32 bits per heavy atom. The molecule has 132 valence electrons. The van der Waals surface area contributed by atoms with Crippen LogP contribution >= 0.6 is 24.0 Å². The summed E-state index contributed by atoms with van der Waals surface area (Å²) in [5, 5.41) is 3.38. The predicted molar refractivity (Wildman–Crippen MR) is 109 cm³/mol. The number of nitrogens with one attached hydrogen (secondary N) is 1. The second-order valence-electron chi connectivity index (χ2n) is 5.64. The molecule has 0 saturated heterocycles. The van der Waals surface area contributed by atoms with Gasteiger partial charge in [-0.1, -0.05) is 48.2 Å². The van der Waals surface area contributed by atoms with E-state index in [2.05, 4.69) is 23.5 Å². The summed E-state index contributed by atoms with van der Waals surface area (Å²) >= 11 is 7.02. The van der Waals surface area contributed by atoms with Gasteiger partial charge in [-0.15, -0.1) is 0 Å². The topological polar surface area (TPSA) is 32.3 Å². The van der Waals surface area contributed by atoms with E-state index in [0.717, 1.165) is 28.4 Å². The molecule has 1 atom stereocenters. The fraction of sp³-hybridized carbons (Fsp3) is 0.300. The lowest BCUT2D eigenvalue weighted by molar-refractivity contribution is -0.120. The number of carbonyl (C=O) groups is 1. The van der Waals surface area contributed by atoms with E-state index in [4.69, 9.17) is 12.2 Å². The van der Waals surface area contributed by atoms with Gasteiger partial charge in [-0.2, -0.15) is 0 Å². The molecule has 0 radical (unpaired) electrons. The average Bonchev–Trinajstić information content (AvgIpc) is 2.63. The number of amides is 1. The molecular formula is C20H24N2OS2. The molecule has 2 aromatic rings. The first-order chi connectivity index (χ1) is 12.1. The van der Waals surface area contributed by atoms with E-state index in [1.165, 1.54) is 0 Å². The first-order valence-corrected chi connectivity index (χ1v) is 9.70. The molecule has 0 heterocycles. The number of thiocarbonyl (C=S) groups is 1. The van der Waals surface area contributed by atoms with Crippen LogP contribution in [0.25, 0.3) is 0 Å². The number of hydrogen-bond acceptors (Lipinski definition) is 3. The summed E-state index contributed by atoms with van der Waals surface area (Å²) in [7, 11) is 0. The molecule has 1 amide bonds. The van der Waals surface area contributed by atoms with Crippen LogP contribution in [0, 0.1) is 0 Å². The highest BCUT2D eigenvalue weighted by Crippen LogP contribution is 2.33. The molecule has 3 nitrogen and oxygen atoms in total. The van der Waals surface area contributed by atoms with Crippen molar-refractivity contribution in [3.63, 3.8) is 0 Å². The molecule has 0 aliphatic heterocycles. The quantitative estimate of drug-likeness (QED) is 0.746. The predicted octanol–water partition coefficient (Wildman–Crippen LogP) is 4.68. The van der Waals surface area contributed by atoms with E-state index in [1.807, 2.05) is 62.1 Å². The molecule has 2 aromatic carbocycles. The summed E-state index contributed by atoms with van der Waals surface area (Å²) in [6, 6.07) is 18.2. The Kier molecular flexibility index (Phi) is 7.47. The fourth-order valence-electron chi connectivity index (χ4n) is 2.49. The van der Waals surface area contributed by atoms with E-state index >= 15 is 0 Å². The van der Waals surface area contributed by atoms with Crippen molar-refractivity contribution >= 4 is 35.0 Å². The summed E-state index contributed by atoms with van der Waals surface area (Å²) in [4.78, 5) is 16.9. The van der Waals surface area contributed by atoms with Gasteiger partial charge in [0, 0.05) is 22.9 Å². The third-order valence-electron chi connectivity index (χ3n) is 4.03. The minimum absolute atomic E-state index is 0.0713. The first kappa shape index (κ1) is 19.5. The Hall–Kier alpha value is -1.85. The van der Waals surface area contributed by atoms with Crippen LogP contribution in [0.1, 0.15) is 32.3 Å². The fourth-order valence-corrected chi connectivity index (χ4v) is 3.91. The third-order valence-corrected chi connectivity index (χ3v) is 5.49. The number of rotatable bonds is 6. The van der Waals surface area contributed by atoms with Crippen LogP contribution in [0.4, 0.5) is 0 Å². The van der Waals surface area contributed by atoms with E-state index in [-0.39, 0.29) is 11.8 Å². The van der Waals surface area contributed by atoms with Gasteiger partial charge in [-0.05, 0) is 56.8 Å². The monoisotopic (exact) mass is 372 g/mol. The highest BCUT2D eigenvalue weighted by Gasteiger charge is 2.20. The molecule has 1 N–H and O–H groups in total. The van der Waals surface area contributed by atoms with E-state index < -0.39 is 0 Å². The zero-order chi connectivity index (χ0) is 18.2. The van der Waals surface area contributed by atoms with Crippen molar-refractivity contribution in [2.24, 2.45) is 0 Å². The molecule has 0 spiro atoms. The highest BCUT2D eigenvalue weighted by molar-refractivity contribution is 7.99. The number of carbonyl (C=O) groups excluding carboxylic acids is 1. The molecule has 0 unspecified atom stereocenters. The zero-order valence-corrected chi connectivity index (χ0v) is 16.5. The molecular weight excluding hydrogens is 348 g/mol. The lowest BCUT2D eigenvalue weighted by atomic mass is 10.0. The largest absolute Gasteiger partial charge is 0.350 e. The normalized spacial score (nSPS) is 11.6. The molecule has 5 heteroatoms. The second-order valence-corrected chi connectivity index (χ2v) is 7.14. The van der Waals surface area contributed by atoms with Crippen molar-refractivity contribution in [1.29, 1.82) is 0 Å². The van der Waals surface area contributed by atoms with Gasteiger partial charge in [0.25, 0.3) is 0 Å². The van der Waals surface area contributed by atoms with Crippen molar-refractivity contribution in [3.8, 4) is 0 Å². The smallest absolute Gasteiger partial charge is 0.233 e. The summed E-state index contributed by atoms with van der Waals surface area (Å²) in [5.74, 6) is -0.348. The van der Waals surface area contributed by atoms with Crippen molar-refractivity contribution < 1.29 is 4.79 Å². The van der Waals surface area contributed by atoms with Gasteiger partial charge in [0.05, 0.1) is 5.92 Å². The van der Waals surface area contributed by atoms with Gasteiger partial charge in [0.15, 0.2) is 5.11 Å². The summed E-state index contributed by atoms with van der Waals surface area (Å²) in [5.41, 5.74) is 1.01. The molecule has 0 fully saturated rings. The van der Waals surface area contributed by atoms with Crippen LogP contribution in [-0.2, 0) is 4.79 Å².